The number of nitrogens with two attached hydrogens (primary N) is 1. The third kappa shape index (κ3) is 3.82. The van der Waals surface area contributed by atoms with Gasteiger partial charge in [-0.05, 0) is 39.2 Å². The van der Waals surface area contributed by atoms with Crippen LogP contribution in [0.3, 0.4) is 0 Å². The number of nitro groups is 1. The summed E-state index contributed by atoms with van der Waals surface area (Å²) in [4.78, 5) is 22.3. The maximum atomic E-state index is 11.8. The number of anilines is 1. The number of rotatable bonds is 6. The molecule has 0 bridgehead atoms. The fourth-order valence-corrected chi connectivity index (χ4v) is 2.19. The van der Waals surface area contributed by atoms with Gasteiger partial charge in [0.15, 0.2) is 5.75 Å². The summed E-state index contributed by atoms with van der Waals surface area (Å²) in [6.07, 6.45) is 1.01. The fraction of sp³-hybridized carbons (Fsp3) is 0.167. The lowest BCUT2D eigenvalue weighted by Crippen LogP contribution is -2.19. The van der Waals surface area contributed by atoms with E-state index in [1.807, 2.05) is 0 Å². The molecule has 0 atom stereocenters. The first-order valence-electron chi connectivity index (χ1n) is 6.60. The Labute approximate surface area is 147 Å². The van der Waals surface area contributed by atoms with Crippen molar-refractivity contribution in [1.82, 2.24) is 15.7 Å². The largest absolute Gasteiger partial charge is 0.503 e. The van der Waals surface area contributed by atoms with Gasteiger partial charge in [-0.15, -0.1) is 0 Å². The number of nitro benzene ring substituents is 1. The smallest absolute Gasteiger partial charge is 0.323 e. The molecule has 0 unspecified atom stereocenters. The highest BCUT2D eigenvalue weighted by Crippen LogP contribution is 2.43. The number of benzene rings is 1. The van der Waals surface area contributed by atoms with Gasteiger partial charge < -0.3 is 15.6 Å². The highest BCUT2D eigenvalue weighted by atomic mass is 79.9. The molecule has 132 valence electrons. The maximum Gasteiger partial charge on any atom is 0.323 e. The van der Waals surface area contributed by atoms with Crippen molar-refractivity contribution in [1.29, 1.82) is 0 Å². The number of phenols is 1. The average Bonchev–Trinajstić information content (AvgIpc) is 2.98. The van der Waals surface area contributed by atoms with Crippen molar-refractivity contribution in [2.45, 2.75) is 6.92 Å². The number of amides is 1. The second kappa shape index (κ2) is 7.57. The molecule has 0 aliphatic heterocycles. The second-order valence-electron chi connectivity index (χ2n) is 4.36. The summed E-state index contributed by atoms with van der Waals surface area (Å²) in [7, 11) is 0. The fourth-order valence-electron chi connectivity index (χ4n) is 1.76. The lowest BCUT2D eigenvalue weighted by molar-refractivity contribution is -0.386. The molecule has 13 heteroatoms. The average molecular weight is 415 g/mol. The molecule has 0 saturated carbocycles. The summed E-state index contributed by atoms with van der Waals surface area (Å²) >= 11 is 3.06. The Morgan fingerprint density at radius 2 is 2.36 bits per heavy atom. The van der Waals surface area contributed by atoms with Gasteiger partial charge in [-0.3, -0.25) is 14.9 Å². The van der Waals surface area contributed by atoms with Gasteiger partial charge in [0.2, 0.25) is 17.3 Å². The van der Waals surface area contributed by atoms with Crippen LogP contribution in [-0.4, -0.2) is 39.1 Å². The van der Waals surface area contributed by atoms with Crippen LogP contribution in [0.1, 0.15) is 23.0 Å². The Hall–Kier alpha value is -3.22. The number of aromatic hydroxyl groups is 1. The van der Waals surface area contributed by atoms with E-state index in [9.17, 15) is 20.0 Å². The summed E-state index contributed by atoms with van der Waals surface area (Å²) in [5.41, 5.74) is 6.61. The summed E-state index contributed by atoms with van der Waals surface area (Å²) in [5, 5.41) is 31.4. The van der Waals surface area contributed by atoms with Crippen molar-refractivity contribution < 1.29 is 24.2 Å². The molecule has 0 aliphatic rings. The number of carbonyl (C=O) groups excluding carboxylic acids is 1. The van der Waals surface area contributed by atoms with Gasteiger partial charge in [0.1, 0.15) is 0 Å². The number of hydrogen-bond donors (Lipinski definition) is 3. The Morgan fingerprint density at radius 3 is 2.92 bits per heavy atom. The summed E-state index contributed by atoms with van der Waals surface area (Å²) in [6, 6.07) is 1.25. The van der Waals surface area contributed by atoms with Gasteiger partial charge in [0.05, 0.1) is 27.8 Å². The third-order valence-corrected chi connectivity index (χ3v) is 3.39. The number of nitrogens with one attached hydrogen (secondary N) is 1. The summed E-state index contributed by atoms with van der Waals surface area (Å²) in [6.45, 7) is 1.70. The molecule has 12 nitrogen and oxygen atoms in total. The van der Waals surface area contributed by atoms with Crippen molar-refractivity contribution in [3.05, 3.63) is 31.9 Å². The van der Waals surface area contributed by atoms with Crippen LogP contribution in [0.4, 0.5) is 11.5 Å². The molecule has 2 aromatic rings. The second-order valence-corrected chi connectivity index (χ2v) is 5.22. The van der Waals surface area contributed by atoms with E-state index in [4.69, 9.17) is 10.5 Å². The standard InChI is InChI=1S/C12H11BrN6O6/c1-2-24-10-8(19(22)23)5(3-6(13)9(10)20)4-15-16-12(21)7-11(14)18-25-17-7/h3-4,20H,2H2,1H3,(H2,14,18)(H,16,21)/b15-4-. The zero-order chi connectivity index (χ0) is 18.6. The first kappa shape index (κ1) is 18.1. The Balaban J connectivity index is 2.33. The summed E-state index contributed by atoms with van der Waals surface area (Å²) < 4.78 is 9.56. The predicted octanol–water partition coefficient (Wildman–Crippen LogP) is 1.19. The number of aromatic nitrogens is 2. The van der Waals surface area contributed by atoms with Gasteiger partial charge in [0.25, 0.3) is 5.91 Å². The molecule has 0 spiro atoms. The minimum Gasteiger partial charge on any atom is -0.503 e. The Bertz CT molecular complexity index is 851. The van der Waals surface area contributed by atoms with Crippen molar-refractivity contribution >= 4 is 39.6 Å². The van der Waals surface area contributed by atoms with Gasteiger partial charge in [-0.25, -0.2) is 10.1 Å². The monoisotopic (exact) mass is 414 g/mol. The molecule has 0 aliphatic carbocycles. The number of hydrogen-bond acceptors (Lipinski definition) is 10. The molecule has 1 aromatic carbocycles. The van der Waals surface area contributed by atoms with E-state index in [1.165, 1.54) is 6.07 Å². The Kier molecular flexibility index (Phi) is 5.49. The van der Waals surface area contributed by atoms with Gasteiger partial charge >= 0.3 is 5.69 Å². The van der Waals surface area contributed by atoms with Crippen LogP contribution in [-0.2, 0) is 0 Å². The van der Waals surface area contributed by atoms with E-state index in [0.717, 1.165) is 6.21 Å². The summed E-state index contributed by atoms with van der Waals surface area (Å²) in [5.74, 6) is -1.79. The van der Waals surface area contributed by atoms with Crippen LogP contribution < -0.4 is 15.9 Å². The van der Waals surface area contributed by atoms with Gasteiger partial charge in [-0.1, -0.05) is 0 Å². The minimum absolute atomic E-state index is 0.0234. The van der Waals surface area contributed by atoms with Crippen molar-refractivity contribution in [3.8, 4) is 11.5 Å². The van der Waals surface area contributed by atoms with Crippen LogP contribution in [0.2, 0.25) is 0 Å². The molecule has 4 N–H and O–H groups in total. The van der Waals surface area contributed by atoms with Gasteiger partial charge in [-0.2, -0.15) is 5.10 Å². The molecule has 0 fully saturated rings. The highest BCUT2D eigenvalue weighted by Gasteiger charge is 2.26. The number of nitrogens with zero attached hydrogens (tertiary/aromatic N) is 4. The number of carbonyl (C=O) groups is 1. The molecule has 0 radical (unpaired) electrons. The van der Waals surface area contributed by atoms with E-state index in [0.29, 0.717) is 0 Å². The number of ether oxygens (including phenoxy) is 1. The minimum atomic E-state index is -0.819. The van der Waals surface area contributed by atoms with Gasteiger partial charge in [0, 0.05) is 0 Å². The first-order valence-corrected chi connectivity index (χ1v) is 7.40. The van der Waals surface area contributed by atoms with Crippen LogP contribution >= 0.6 is 15.9 Å². The lowest BCUT2D eigenvalue weighted by Gasteiger charge is -2.09. The molecule has 25 heavy (non-hydrogen) atoms. The predicted molar refractivity (Wildman–Crippen MR) is 87.4 cm³/mol. The first-order chi connectivity index (χ1) is 11.9. The maximum absolute atomic E-state index is 11.8. The number of nitrogen functional groups attached to an aromatic ring is 1. The van der Waals surface area contributed by atoms with Crippen LogP contribution in [0, 0.1) is 10.1 Å². The molecule has 2 rings (SSSR count). The zero-order valence-electron chi connectivity index (χ0n) is 12.6. The number of phenolic OH excluding ortho intramolecular Hbond substituents is 1. The van der Waals surface area contributed by atoms with Crippen molar-refractivity contribution in [2.24, 2.45) is 5.10 Å². The third-order valence-electron chi connectivity index (χ3n) is 2.78. The van der Waals surface area contributed by atoms with Crippen LogP contribution in [0.15, 0.2) is 20.3 Å². The number of hydrazone groups is 1. The normalized spacial score (nSPS) is 10.8. The van der Waals surface area contributed by atoms with Crippen molar-refractivity contribution in [2.75, 3.05) is 12.3 Å². The molecule has 1 aromatic heterocycles. The van der Waals surface area contributed by atoms with Crippen LogP contribution in [0.25, 0.3) is 0 Å². The molecule has 1 heterocycles. The molecule has 1 amide bonds. The Morgan fingerprint density at radius 1 is 1.64 bits per heavy atom. The van der Waals surface area contributed by atoms with E-state index in [-0.39, 0.29) is 33.9 Å². The topological polar surface area (TPSA) is 179 Å². The highest BCUT2D eigenvalue weighted by molar-refractivity contribution is 9.10. The molecule has 0 saturated heterocycles. The molecular formula is C12H11BrN6O6. The lowest BCUT2D eigenvalue weighted by atomic mass is 10.1. The van der Waals surface area contributed by atoms with E-state index in [2.05, 4.69) is 41.4 Å². The zero-order valence-corrected chi connectivity index (χ0v) is 14.2. The van der Waals surface area contributed by atoms with E-state index >= 15 is 0 Å². The quantitative estimate of drug-likeness (QED) is 0.355. The SMILES string of the molecule is CCOc1c(O)c(Br)cc(/C=N\NC(=O)c2nonc2N)c1[N+](=O)[O-]. The van der Waals surface area contributed by atoms with Crippen molar-refractivity contribution in [3.63, 3.8) is 0 Å². The number of halogens is 1. The van der Waals surface area contributed by atoms with Crippen LogP contribution in [0.5, 0.6) is 11.5 Å². The van der Waals surface area contributed by atoms with E-state index < -0.39 is 22.3 Å². The van der Waals surface area contributed by atoms with E-state index in [1.54, 1.807) is 6.92 Å². The molecular weight excluding hydrogens is 404 g/mol.